The second-order valence-electron chi connectivity index (χ2n) is 3.83. The summed E-state index contributed by atoms with van der Waals surface area (Å²) in [5.41, 5.74) is 1.11. The maximum atomic E-state index is 8.93. The van der Waals surface area contributed by atoms with Crippen LogP contribution in [0.3, 0.4) is 0 Å². The number of aryl methyl sites for hydroxylation is 1. The zero-order valence-corrected chi connectivity index (χ0v) is 9.77. The summed E-state index contributed by atoms with van der Waals surface area (Å²) < 4.78 is 5.53. The van der Waals surface area contributed by atoms with Gasteiger partial charge in [0.25, 0.3) is 0 Å². The molecule has 0 aromatic carbocycles. The molecule has 0 spiro atoms. The van der Waals surface area contributed by atoms with Gasteiger partial charge >= 0.3 is 0 Å². The van der Waals surface area contributed by atoms with Gasteiger partial charge in [-0.1, -0.05) is 0 Å². The fraction of sp³-hybridized carbons (Fsp3) is 0.231. The van der Waals surface area contributed by atoms with Crippen molar-refractivity contribution < 1.29 is 4.42 Å². The normalized spacial score (nSPS) is 11.8. The highest BCUT2D eigenvalue weighted by molar-refractivity contribution is 5.54. The van der Waals surface area contributed by atoms with E-state index in [1.54, 1.807) is 12.3 Å². The quantitative estimate of drug-likeness (QED) is 0.875. The van der Waals surface area contributed by atoms with Gasteiger partial charge in [-0.25, -0.2) is 4.98 Å². The van der Waals surface area contributed by atoms with Gasteiger partial charge in [-0.3, -0.25) is 0 Å². The summed E-state index contributed by atoms with van der Waals surface area (Å²) in [4.78, 5) is 3.99. The molecule has 1 N–H and O–H groups in total. The predicted octanol–water partition coefficient (Wildman–Crippen LogP) is 3.03. The molecule has 17 heavy (non-hydrogen) atoms. The first kappa shape index (κ1) is 11.2. The fourth-order valence-corrected chi connectivity index (χ4v) is 1.60. The number of furan rings is 1. The first-order chi connectivity index (χ1) is 8.20. The Balaban J connectivity index is 2.19. The van der Waals surface area contributed by atoms with E-state index in [9.17, 15) is 0 Å². The number of pyridine rings is 1. The molecule has 0 bridgehead atoms. The largest absolute Gasteiger partial charge is 0.464 e. The van der Waals surface area contributed by atoms with Crippen molar-refractivity contribution in [3.05, 3.63) is 47.7 Å². The lowest BCUT2D eigenvalue weighted by Gasteiger charge is -2.13. The number of aromatic nitrogens is 1. The number of nitrogens with one attached hydrogen (secondary N) is 1. The van der Waals surface area contributed by atoms with E-state index >= 15 is 0 Å². The van der Waals surface area contributed by atoms with Crippen LogP contribution in [0.15, 0.2) is 34.9 Å². The Morgan fingerprint density at radius 1 is 1.41 bits per heavy atom. The van der Waals surface area contributed by atoms with Gasteiger partial charge in [0.2, 0.25) is 0 Å². The van der Waals surface area contributed by atoms with Crippen LogP contribution in [-0.2, 0) is 0 Å². The van der Waals surface area contributed by atoms with Gasteiger partial charge in [0, 0.05) is 6.20 Å². The number of hydrogen-bond donors (Lipinski definition) is 1. The summed E-state index contributed by atoms with van der Waals surface area (Å²) in [6.07, 6.45) is 1.60. The molecule has 2 aromatic rings. The first-order valence-electron chi connectivity index (χ1n) is 5.38. The van der Waals surface area contributed by atoms with E-state index in [1.807, 2.05) is 32.0 Å². The van der Waals surface area contributed by atoms with E-state index in [0.717, 1.165) is 17.2 Å². The summed E-state index contributed by atoms with van der Waals surface area (Å²) in [6.45, 7) is 3.88. The van der Waals surface area contributed by atoms with Crippen LogP contribution in [0, 0.1) is 18.3 Å². The topological polar surface area (TPSA) is 61.9 Å². The van der Waals surface area contributed by atoms with E-state index in [-0.39, 0.29) is 6.04 Å². The van der Waals surface area contributed by atoms with Gasteiger partial charge < -0.3 is 9.73 Å². The zero-order chi connectivity index (χ0) is 12.3. The van der Waals surface area contributed by atoms with Gasteiger partial charge in [0.1, 0.15) is 17.6 Å². The second-order valence-corrected chi connectivity index (χ2v) is 3.83. The van der Waals surface area contributed by atoms with Crippen molar-refractivity contribution in [1.82, 2.24) is 4.98 Å². The molecule has 1 atom stereocenters. The molecule has 2 aromatic heterocycles. The van der Waals surface area contributed by atoms with Crippen LogP contribution in [0.2, 0.25) is 0 Å². The Bertz CT molecular complexity index is 554. The molecule has 86 valence electrons. The standard InChI is InChI=1S/C13H13N3O/c1-9-5-6-13(17-9)10(2)16-11-4-3-7-15-12(11)8-14/h3-7,10,16H,1-2H3. The lowest BCUT2D eigenvalue weighted by Crippen LogP contribution is -2.07. The van der Waals surface area contributed by atoms with E-state index in [2.05, 4.69) is 16.4 Å². The highest BCUT2D eigenvalue weighted by Gasteiger charge is 2.11. The summed E-state index contributed by atoms with van der Waals surface area (Å²) in [7, 11) is 0. The first-order valence-corrected chi connectivity index (χ1v) is 5.38. The molecule has 4 heteroatoms. The molecular weight excluding hydrogens is 214 g/mol. The lowest BCUT2D eigenvalue weighted by molar-refractivity contribution is 0.467. The summed E-state index contributed by atoms with van der Waals surface area (Å²) >= 11 is 0. The molecule has 0 saturated carbocycles. The van der Waals surface area contributed by atoms with Crippen molar-refractivity contribution in [3.63, 3.8) is 0 Å². The molecule has 0 radical (unpaired) electrons. The van der Waals surface area contributed by atoms with Gasteiger partial charge in [-0.15, -0.1) is 0 Å². The summed E-state index contributed by atoms with van der Waals surface area (Å²) in [6, 6.07) is 9.52. The summed E-state index contributed by atoms with van der Waals surface area (Å²) in [5.74, 6) is 1.72. The van der Waals surface area contributed by atoms with E-state index in [0.29, 0.717) is 5.69 Å². The van der Waals surface area contributed by atoms with Crippen LogP contribution in [0.5, 0.6) is 0 Å². The Labute approximate surface area is 99.9 Å². The van der Waals surface area contributed by atoms with Crippen LogP contribution in [-0.4, -0.2) is 4.98 Å². The second kappa shape index (κ2) is 4.71. The maximum absolute atomic E-state index is 8.93. The molecule has 4 nitrogen and oxygen atoms in total. The third-order valence-corrected chi connectivity index (χ3v) is 2.47. The van der Waals surface area contributed by atoms with Crippen molar-refractivity contribution in [1.29, 1.82) is 5.26 Å². The number of nitriles is 1. The lowest BCUT2D eigenvalue weighted by atomic mass is 10.2. The minimum Gasteiger partial charge on any atom is -0.464 e. The van der Waals surface area contributed by atoms with Crippen LogP contribution in [0.1, 0.15) is 30.2 Å². The fourth-order valence-electron chi connectivity index (χ4n) is 1.60. The van der Waals surface area contributed by atoms with Crippen molar-refractivity contribution in [2.24, 2.45) is 0 Å². The van der Waals surface area contributed by atoms with E-state index in [4.69, 9.17) is 9.68 Å². The Morgan fingerprint density at radius 2 is 2.24 bits per heavy atom. The zero-order valence-electron chi connectivity index (χ0n) is 9.77. The van der Waals surface area contributed by atoms with E-state index in [1.165, 1.54) is 0 Å². The van der Waals surface area contributed by atoms with Crippen molar-refractivity contribution in [3.8, 4) is 6.07 Å². The van der Waals surface area contributed by atoms with Crippen molar-refractivity contribution in [2.45, 2.75) is 19.9 Å². The van der Waals surface area contributed by atoms with Crippen LogP contribution >= 0.6 is 0 Å². The highest BCUT2D eigenvalue weighted by Crippen LogP contribution is 2.22. The monoisotopic (exact) mass is 227 g/mol. The third kappa shape index (κ3) is 2.45. The molecule has 0 saturated heterocycles. The third-order valence-electron chi connectivity index (χ3n) is 2.47. The molecule has 0 aliphatic heterocycles. The highest BCUT2D eigenvalue weighted by atomic mass is 16.3. The average molecular weight is 227 g/mol. The number of hydrogen-bond acceptors (Lipinski definition) is 4. The van der Waals surface area contributed by atoms with E-state index < -0.39 is 0 Å². The molecule has 0 aliphatic rings. The van der Waals surface area contributed by atoms with Crippen LogP contribution < -0.4 is 5.32 Å². The maximum Gasteiger partial charge on any atom is 0.163 e. The average Bonchev–Trinajstić information content (AvgIpc) is 2.77. The molecule has 0 aliphatic carbocycles. The van der Waals surface area contributed by atoms with Crippen LogP contribution in [0.4, 0.5) is 5.69 Å². The molecule has 0 fully saturated rings. The smallest absolute Gasteiger partial charge is 0.163 e. The van der Waals surface area contributed by atoms with Gasteiger partial charge in [0.15, 0.2) is 5.69 Å². The molecule has 1 unspecified atom stereocenters. The number of anilines is 1. The SMILES string of the molecule is Cc1ccc(C(C)Nc2cccnc2C#N)o1. The number of nitrogens with zero attached hydrogens (tertiary/aromatic N) is 2. The Kier molecular flexibility index (Phi) is 3.10. The van der Waals surface area contributed by atoms with Gasteiger partial charge in [0.05, 0.1) is 11.7 Å². The Hall–Kier alpha value is -2.28. The van der Waals surface area contributed by atoms with Crippen molar-refractivity contribution >= 4 is 5.69 Å². The molecule has 2 rings (SSSR count). The van der Waals surface area contributed by atoms with Gasteiger partial charge in [-0.2, -0.15) is 5.26 Å². The number of rotatable bonds is 3. The van der Waals surface area contributed by atoms with Crippen LogP contribution in [0.25, 0.3) is 0 Å². The molecular formula is C13H13N3O. The predicted molar refractivity (Wildman–Crippen MR) is 64.4 cm³/mol. The minimum absolute atomic E-state index is 0. The summed E-state index contributed by atoms with van der Waals surface area (Å²) in [5, 5.41) is 12.1. The van der Waals surface area contributed by atoms with Gasteiger partial charge in [-0.05, 0) is 38.1 Å². The molecule has 0 amide bonds. The Morgan fingerprint density at radius 3 is 2.88 bits per heavy atom. The molecule has 2 heterocycles. The minimum atomic E-state index is 0. The van der Waals surface area contributed by atoms with Crippen molar-refractivity contribution in [2.75, 3.05) is 5.32 Å².